The topological polar surface area (TPSA) is 44.8 Å². The summed E-state index contributed by atoms with van der Waals surface area (Å²) in [7, 11) is 1.64. The fraction of sp³-hybridized carbons (Fsp3) is 0.278. The van der Waals surface area contributed by atoms with E-state index in [1.165, 1.54) is 6.92 Å². The molecule has 0 N–H and O–H groups in total. The second-order valence-corrected chi connectivity index (χ2v) is 5.26. The van der Waals surface area contributed by atoms with Crippen LogP contribution in [0, 0.1) is 0 Å². The molecule has 114 valence electrons. The lowest BCUT2D eigenvalue weighted by atomic mass is 9.92. The maximum absolute atomic E-state index is 11.2. The van der Waals surface area contributed by atoms with E-state index in [0.717, 1.165) is 22.6 Å². The van der Waals surface area contributed by atoms with E-state index >= 15 is 0 Å². The average Bonchev–Trinajstić information content (AvgIpc) is 2.91. The van der Waals surface area contributed by atoms with E-state index in [4.69, 9.17) is 14.2 Å². The van der Waals surface area contributed by atoms with Gasteiger partial charge in [0.1, 0.15) is 24.2 Å². The third-order valence-electron chi connectivity index (χ3n) is 3.85. The standard InChI is InChI=1S/C18H18O4/c1-12(19)21-11-16-15-5-3-4-6-17(15)22-18(16)13-7-9-14(20-2)10-8-13/h3-10,16,18H,11H2,1-2H3/t16-,18+/m0/s1. The Morgan fingerprint density at radius 2 is 1.86 bits per heavy atom. The van der Waals surface area contributed by atoms with Gasteiger partial charge in [-0.1, -0.05) is 30.3 Å². The Labute approximate surface area is 129 Å². The Bertz CT molecular complexity index is 663. The SMILES string of the molecule is COc1ccc([C@H]2Oc3ccccc3[C@@H]2COC(C)=O)cc1. The minimum atomic E-state index is -0.280. The van der Waals surface area contributed by atoms with Gasteiger partial charge < -0.3 is 14.2 Å². The second-order valence-electron chi connectivity index (χ2n) is 5.26. The molecule has 3 rings (SSSR count). The predicted octanol–water partition coefficient (Wildman–Crippen LogP) is 3.48. The maximum Gasteiger partial charge on any atom is 0.302 e. The number of benzene rings is 2. The summed E-state index contributed by atoms with van der Waals surface area (Å²) in [6.45, 7) is 1.73. The molecule has 0 unspecified atom stereocenters. The minimum absolute atomic E-state index is 0.00602. The summed E-state index contributed by atoms with van der Waals surface area (Å²) < 4.78 is 16.5. The van der Waals surface area contributed by atoms with Crippen LogP contribution in [0.15, 0.2) is 48.5 Å². The zero-order valence-electron chi connectivity index (χ0n) is 12.6. The van der Waals surface area contributed by atoms with Crippen molar-refractivity contribution in [3.63, 3.8) is 0 Å². The Morgan fingerprint density at radius 3 is 2.55 bits per heavy atom. The molecule has 0 spiro atoms. The zero-order chi connectivity index (χ0) is 15.5. The van der Waals surface area contributed by atoms with Crippen molar-refractivity contribution in [2.75, 3.05) is 13.7 Å². The summed E-state index contributed by atoms with van der Waals surface area (Å²) >= 11 is 0. The number of rotatable bonds is 4. The number of fused-ring (bicyclic) bond motifs is 1. The summed E-state index contributed by atoms with van der Waals surface area (Å²) in [5.74, 6) is 1.36. The van der Waals surface area contributed by atoms with Gasteiger partial charge >= 0.3 is 5.97 Å². The smallest absolute Gasteiger partial charge is 0.302 e. The van der Waals surface area contributed by atoms with Crippen LogP contribution < -0.4 is 9.47 Å². The van der Waals surface area contributed by atoms with Crippen molar-refractivity contribution in [1.29, 1.82) is 0 Å². The van der Waals surface area contributed by atoms with Crippen LogP contribution in [0.5, 0.6) is 11.5 Å². The number of ether oxygens (including phenoxy) is 3. The van der Waals surface area contributed by atoms with Crippen molar-refractivity contribution in [2.45, 2.75) is 18.9 Å². The molecule has 0 aliphatic carbocycles. The van der Waals surface area contributed by atoms with Gasteiger partial charge in [-0.25, -0.2) is 0 Å². The summed E-state index contributed by atoms with van der Waals surface area (Å²) in [5, 5.41) is 0. The fourth-order valence-electron chi connectivity index (χ4n) is 2.75. The molecular weight excluding hydrogens is 280 g/mol. The Hall–Kier alpha value is -2.49. The third-order valence-corrected chi connectivity index (χ3v) is 3.85. The molecule has 1 heterocycles. The zero-order valence-corrected chi connectivity index (χ0v) is 12.6. The first-order valence-electron chi connectivity index (χ1n) is 7.22. The molecule has 2 aromatic rings. The number of carbonyl (C=O) groups excluding carboxylic acids is 1. The summed E-state index contributed by atoms with van der Waals surface area (Å²) in [6, 6.07) is 15.7. The summed E-state index contributed by atoms with van der Waals surface area (Å²) in [6.07, 6.45) is -0.164. The van der Waals surface area contributed by atoms with Crippen LogP contribution in [-0.2, 0) is 9.53 Å². The van der Waals surface area contributed by atoms with Crippen molar-refractivity contribution in [2.24, 2.45) is 0 Å². The first-order chi connectivity index (χ1) is 10.7. The van der Waals surface area contributed by atoms with Gasteiger partial charge in [0.15, 0.2) is 0 Å². The first kappa shape index (κ1) is 14.4. The van der Waals surface area contributed by atoms with E-state index in [0.29, 0.717) is 6.61 Å². The Kier molecular flexibility index (Phi) is 4.00. The Balaban J connectivity index is 1.90. The molecule has 0 radical (unpaired) electrons. The Morgan fingerprint density at radius 1 is 1.14 bits per heavy atom. The highest BCUT2D eigenvalue weighted by molar-refractivity contribution is 5.66. The molecule has 0 amide bonds. The number of para-hydroxylation sites is 1. The van der Waals surface area contributed by atoms with Gasteiger partial charge in [0.2, 0.25) is 0 Å². The van der Waals surface area contributed by atoms with E-state index < -0.39 is 0 Å². The molecule has 4 heteroatoms. The van der Waals surface area contributed by atoms with E-state index in [-0.39, 0.29) is 18.0 Å². The fourth-order valence-corrected chi connectivity index (χ4v) is 2.75. The van der Waals surface area contributed by atoms with Gasteiger partial charge in [0.25, 0.3) is 0 Å². The lowest BCUT2D eigenvalue weighted by Crippen LogP contribution is -2.17. The molecule has 0 aromatic heterocycles. The largest absolute Gasteiger partial charge is 0.497 e. The van der Waals surface area contributed by atoms with E-state index in [1.807, 2.05) is 48.5 Å². The second kappa shape index (κ2) is 6.10. The lowest BCUT2D eigenvalue weighted by Gasteiger charge is -2.19. The van der Waals surface area contributed by atoms with Gasteiger partial charge in [-0.15, -0.1) is 0 Å². The highest BCUT2D eigenvalue weighted by Gasteiger charge is 2.36. The van der Waals surface area contributed by atoms with E-state index in [9.17, 15) is 4.79 Å². The number of hydrogen-bond acceptors (Lipinski definition) is 4. The maximum atomic E-state index is 11.2. The van der Waals surface area contributed by atoms with Crippen LogP contribution >= 0.6 is 0 Å². The normalized spacial score (nSPS) is 19.2. The monoisotopic (exact) mass is 298 g/mol. The number of esters is 1. The lowest BCUT2D eigenvalue weighted by molar-refractivity contribution is -0.141. The molecule has 0 bridgehead atoms. The van der Waals surface area contributed by atoms with E-state index in [1.54, 1.807) is 7.11 Å². The van der Waals surface area contributed by atoms with Crippen LogP contribution in [0.4, 0.5) is 0 Å². The first-order valence-corrected chi connectivity index (χ1v) is 7.22. The van der Waals surface area contributed by atoms with Crippen molar-refractivity contribution < 1.29 is 19.0 Å². The minimum Gasteiger partial charge on any atom is -0.497 e. The van der Waals surface area contributed by atoms with Gasteiger partial charge in [-0.2, -0.15) is 0 Å². The van der Waals surface area contributed by atoms with Crippen LogP contribution in [0.1, 0.15) is 30.1 Å². The van der Waals surface area contributed by atoms with Gasteiger partial charge in [-0.3, -0.25) is 4.79 Å². The van der Waals surface area contributed by atoms with Crippen LogP contribution in [0.25, 0.3) is 0 Å². The van der Waals surface area contributed by atoms with Crippen molar-refractivity contribution in [3.8, 4) is 11.5 Å². The van der Waals surface area contributed by atoms with Crippen molar-refractivity contribution >= 4 is 5.97 Å². The molecule has 22 heavy (non-hydrogen) atoms. The number of methoxy groups -OCH3 is 1. The number of carbonyl (C=O) groups is 1. The quantitative estimate of drug-likeness (QED) is 0.811. The molecule has 0 saturated heterocycles. The summed E-state index contributed by atoms with van der Waals surface area (Å²) in [4.78, 5) is 11.2. The summed E-state index contributed by atoms with van der Waals surface area (Å²) in [5.41, 5.74) is 2.11. The molecule has 2 atom stereocenters. The van der Waals surface area contributed by atoms with Gasteiger partial charge in [-0.05, 0) is 23.8 Å². The van der Waals surface area contributed by atoms with Crippen LogP contribution in [-0.4, -0.2) is 19.7 Å². The third kappa shape index (κ3) is 2.77. The average molecular weight is 298 g/mol. The molecule has 1 aliphatic heterocycles. The highest BCUT2D eigenvalue weighted by Crippen LogP contribution is 2.46. The van der Waals surface area contributed by atoms with Crippen LogP contribution in [0.2, 0.25) is 0 Å². The number of hydrogen-bond donors (Lipinski definition) is 0. The molecule has 2 aromatic carbocycles. The molecule has 1 aliphatic rings. The highest BCUT2D eigenvalue weighted by atomic mass is 16.5. The molecule has 4 nitrogen and oxygen atoms in total. The molecular formula is C18H18O4. The van der Waals surface area contributed by atoms with Crippen molar-refractivity contribution in [3.05, 3.63) is 59.7 Å². The van der Waals surface area contributed by atoms with Crippen molar-refractivity contribution in [1.82, 2.24) is 0 Å². The molecule has 0 fully saturated rings. The predicted molar refractivity (Wildman–Crippen MR) is 82.2 cm³/mol. The van der Waals surface area contributed by atoms with E-state index in [2.05, 4.69) is 0 Å². The van der Waals surface area contributed by atoms with Gasteiger partial charge in [0.05, 0.1) is 13.0 Å². The van der Waals surface area contributed by atoms with Crippen LogP contribution in [0.3, 0.4) is 0 Å². The van der Waals surface area contributed by atoms with Gasteiger partial charge in [0, 0.05) is 12.5 Å². The molecule has 0 saturated carbocycles.